The Balaban J connectivity index is 1.58. The van der Waals surface area contributed by atoms with E-state index in [4.69, 9.17) is 0 Å². The number of hydrogen-bond donors (Lipinski definition) is 2. The molecule has 0 spiro atoms. The van der Waals surface area contributed by atoms with Gasteiger partial charge in [0.05, 0.1) is 0 Å². The number of nitrogens with zero attached hydrogens (tertiary/aromatic N) is 2. The largest absolute Gasteiger partial charge is 0.507 e. The highest BCUT2D eigenvalue weighted by Crippen LogP contribution is 2.40. The normalized spacial score (nSPS) is 16.7. The summed E-state index contributed by atoms with van der Waals surface area (Å²) in [5.74, 6) is 0.897. The summed E-state index contributed by atoms with van der Waals surface area (Å²) in [6.45, 7) is 11.3. The van der Waals surface area contributed by atoms with E-state index in [1.807, 2.05) is 41.3 Å². The van der Waals surface area contributed by atoms with Crippen molar-refractivity contribution in [3.63, 3.8) is 0 Å². The summed E-state index contributed by atoms with van der Waals surface area (Å²) >= 11 is 0. The SMILES string of the molecule is C=CCc1ccc(O)c(-c2cc(CC=C)cc(CN3CCN(C(=O)C4CC4)CC3)c2O)c1. The molecule has 5 heteroatoms. The lowest BCUT2D eigenvalue weighted by atomic mass is 9.94. The zero-order valence-electron chi connectivity index (χ0n) is 18.6. The third-order valence-corrected chi connectivity index (χ3v) is 6.36. The first-order chi connectivity index (χ1) is 15.5. The Morgan fingerprint density at radius 1 is 0.938 bits per heavy atom. The van der Waals surface area contributed by atoms with Crippen molar-refractivity contribution in [2.45, 2.75) is 32.2 Å². The molecule has 0 aromatic heterocycles. The van der Waals surface area contributed by atoms with E-state index < -0.39 is 0 Å². The lowest BCUT2D eigenvalue weighted by Crippen LogP contribution is -2.48. The lowest BCUT2D eigenvalue weighted by molar-refractivity contribution is -0.134. The molecule has 0 unspecified atom stereocenters. The van der Waals surface area contributed by atoms with Crippen molar-refractivity contribution < 1.29 is 15.0 Å². The predicted octanol–water partition coefficient (Wildman–Crippen LogP) is 4.28. The number of aromatic hydroxyl groups is 2. The van der Waals surface area contributed by atoms with Gasteiger partial charge in [-0.15, -0.1) is 13.2 Å². The molecule has 0 bridgehead atoms. The maximum atomic E-state index is 12.3. The summed E-state index contributed by atoms with van der Waals surface area (Å²) in [7, 11) is 0. The Kier molecular flexibility index (Phi) is 6.66. The van der Waals surface area contributed by atoms with Crippen LogP contribution in [0.1, 0.15) is 29.5 Å². The average Bonchev–Trinajstić information content (AvgIpc) is 3.63. The Morgan fingerprint density at radius 2 is 1.59 bits per heavy atom. The van der Waals surface area contributed by atoms with Crippen molar-refractivity contribution in [3.8, 4) is 22.6 Å². The third-order valence-electron chi connectivity index (χ3n) is 6.36. The average molecular weight is 433 g/mol. The van der Waals surface area contributed by atoms with Crippen LogP contribution in [-0.4, -0.2) is 52.1 Å². The van der Waals surface area contributed by atoms with Gasteiger partial charge in [0, 0.05) is 55.3 Å². The molecule has 1 saturated heterocycles. The van der Waals surface area contributed by atoms with Crippen molar-refractivity contribution in [1.82, 2.24) is 9.80 Å². The van der Waals surface area contributed by atoms with E-state index in [1.165, 1.54) is 0 Å². The lowest BCUT2D eigenvalue weighted by Gasteiger charge is -2.35. The second-order valence-electron chi connectivity index (χ2n) is 8.86. The van der Waals surface area contributed by atoms with Gasteiger partial charge < -0.3 is 15.1 Å². The van der Waals surface area contributed by atoms with Gasteiger partial charge in [0.15, 0.2) is 0 Å². The fourth-order valence-corrected chi connectivity index (χ4v) is 4.42. The van der Waals surface area contributed by atoms with Gasteiger partial charge in [-0.25, -0.2) is 0 Å². The van der Waals surface area contributed by atoms with Crippen LogP contribution in [0.3, 0.4) is 0 Å². The van der Waals surface area contributed by atoms with Crippen molar-refractivity contribution in [2.24, 2.45) is 5.92 Å². The minimum Gasteiger partial charge on any atom is -0.507 e. The number of hydrogen-bond acceptors (Lipinski definition) is 4. The van der Waals surface area contributed by atoms with Gasteiger partial charge in [-0.3, -0.25) is 9.69 Å². The number of phenols is 2. The second-order valence-corrected chi connectivity index (χ2v) is 8.86. The predicted molar refractivity (Wildman–Crippen MR) is 128 cm³/mol. The fourth-order valence-electron chi connectivity index (χ4n) is 4.42. The molecule has 0 atom stereocenters. The molecule has 2 aromatic rings. The molecule has 2 aliphatic rings. The highest BCUT2D eigenvalue weighted by atomic mass is 16.3. The van der Waals surface area contributed by atoms with Gasteiger partial charge in [0.2, 0.25) is 5.91 Å². The van der Waals surface area contributed by atoms with E-state index in [2.05, 4.69) is 18.1 Å². The number of phenolic OH excluding ortho intramolecular Hbond substituents is 2. The standard InChI is InChI=1S/C27H32N2O3/c1-3-5-19-7-10-25(30)23(16-19)24-17-20(6-4-2)15-22(26(24)31)18-28-11-13-29(14-12-28)27(32)21-8-9-21/h3-4,7,10,15-17,21,30-31H,1-2,5-6,8-9,11-14,18H2. The molecule has 0 radical (unpaired) electrons. The van der Waals surface area contributed by atoms with Crippen molar-refractivity contribution >= 4 is 5.91 Å². The van der Waals surface area contributed by atoms with Crippen LogP contribution in [0.15, 0.2) is 55.6 Å². The molecule has 2 fully saturated rings. The van der Waals surface area contributed by atoms with Crippen LogP contribution in [-0.2, 0) is 24.2 Å². The van der Waals surface area contributed by atoms with Crippen molar-refractivity contribution in [2.75, 3.05) is 26.2 Å². The van der Waals surface area contributed by atoms with E-state index in [0.717, 1.165) is 55.7 Å². The fraction of sp³-hybridized carbons (Fsp3) is 0.370. The maximum absolute atomic E-state index is 12.3. The zero-order valence-corrected chi connectivity index (χ0v) is 18.6. The van der Waals surface area contributed by atoms with Crippen LogP contribution in [0.5, 0.6) is 11.5 Å². The van der Waals surface area contributed by atoms with Gasteiger partial charge in [-0.05, 0) is 55.0 Å². The molecule has 1 aliphatic heterocycles. The van der Waals surface area contributed by atoms with Crippen LogP contribution in [0.25, 0.3) is 11.1 Å². The van der Waals surface area contributed by atoms with Crippen LogP contribution in [0.4, 0.5) is 0 Å². The highest BCUT2D eigenvalue weighted by molar-refractivity contribution is 5.81. The number of rotatable bonds is 8. The van der Waals surface area contributed by atoms with Crippen LogP contribution in [0.2, 0.25) is 0 Å². The Bertz CT molecular complexity index is 1020. The van der Waals surface area contributed by atoms with E-state index in [-0.39, 0.29) is 17.4 Å². The minimum atomic E-state index is 0.141. The van der Waals surface area contributed by atoms with E-state index in [0.29, 0.717) is 36.4 Å². The van der Waals surface area contributed by atoms with Crippen LogP contribution in [0, 0.1) is 5.92 Å². The molecule has 2 N–H and O–H groups in total. The Morgan fingerprint density at radius 3 is 2.25 bits per heavy atom. The summed E-state index contributed by atoms with van der Waals surface area (Å²) in [5, 5.41) is 21.7. The molecule has 5 nitrogen and oxygen atoms in total. The van der Waals surface area contributed by atoms with E-state index in [1.54, 1.807) is 6.07 Å². The number of benzene rings is 2. The Labute approximate surface area is 190 Å². The molecule has 2 aromatic carbocycles. The van der Waals surface area contributed by atoms with Crippen LogP contribution >= 0.6 is 0 Å². The molecule has 1 heterocycles. The van der Waals surface area contributed by atoms with Gasteiger partial charge in [-0.1, -0.05) is 24.3 Å². The van der Waals surface area contributed by atoms with Crippen LogP contribution < -0.4 is 0 Å². The minimum absolute atomic E-state index is 0.141. The number of piperazine rings is 1. The number of carbonyl (C=O) groups is 1. The van der Waals surface area contributed by atoms with Gasteiger partial charge in [0.1, 0.15) is 11.5 Å². The smallest absolute Gasteiger partial charge is 0.225 e. The quantitative estimate of drug-likeness (QED) is 0.612. The zero-order chi connectivity index (χ0) is 22.7. The molecule has 4 rings (SSSR count). The highest BCUT2D eigenvalue weighted by Gasteiger charge is 2.34. The van der Waals surface area contributed by atoms with Crippen molar-refractivity contribution in [1.29, 1.82) is 0 Å². The maximum Gasteiger partial charge on any atom is 0.225 e. The monoisotopic (exact) mass is 432 g/mol. The molecule has 168 valence electrons. The number of carbonyl (C=O) groups excluding carboxylic acids is 1. The molecule has 1 amide bonds. The van der Waals surface area contributed by atoms with Gasteiger partial charge in [-0.2, -0.15) is 0 Å². The molecular weight excluding hydrogens is 400 g/mol. The summed E-state index contributed by atoms with van der Waals surface area (Å²) in [6, 6.07) is 9.40. The summed E-state index contributed by atoms with van der Waals surface area (Å²) in [6.07, 6.45) is 7.10. The van der Waals surface area contributed by atoms with E-state index in [9.17, 15) is 15.0 Å². The molecule has 1 aliphatic carbocycles. The van der Waals surface area contributed by atoms with Gasteiger partial charge >= 0.3 is 0 Å². The molecule has 32 heavy (non-hydrogen) atoms. The first-order valence-electron chi connectivity index (χ1n) is 11.4. The molecular formula is C27H32N2O3. The third kappa shape index (κ3) is 4.89. The van der Waals surface area contributed by atoms with Gasteiger partial charge in [0.25, 0.3) is 0 Å². The number of allylic oxidation sites excluding steroid dienone is 2. The summed E-state index contributed by atoms with van der Waals surface area (Å²) < 4.78 is 0. The molecule has 1 saturated carbocycles. The topological polar surface area (TPSA) is 64.0 Å². The first-order valence-corrected chi connectivity index (χ1v) is 11.4. The number of amides is 1. The Hall–Kier alpha value is -3.05. The summed E-state index contributed by atoms with van der Waals surface area (Å²) in [4.78, 5) is 16.6. The first kappa shape index (κ1) is 22.2. The van der Waals surface area contributed by atoms with E-state index >= 15 is 0 Å². The van der Waals surface area contributed by atoms with Crippen molar-refractivity contribution in [3.05, 3.63) is 72.3 Å². The summed E-state index contributed by atoms with van der Waals surface area (Å²) in [5.41, 5.74) is 4.15. The second kappa shape index (κ2) is 9.61.